The third kappa shape index (κ3) is 3.46. The molecule has 0 radical (unpaired) electrons. The topological polar surface area (TPSA) is 29.3 Å². The van der Waals surface area contributed by atoms with Gasteiger partial charge in [-0.15, -0.1) is 0 Å². The molecule has 0 unspecified atom stereocenters. The molecule has 0 aromatic heterocycles. The van der Waals surface area contributed by atoms with Crippen molar-refractivity contribution in [2.75, 3.05) is 19.6 Å². The summed E-state index contributed by atoms with van der Waals surface area (Å²) < 4.78 is 0. The molecule has 2 heteroatoms. The molecule has 2 N–H and O–H groups in total. The first-order valence-electron chi connectivity index (χ1n) is 7.24. The van der Waals surface area contributed by atoms with Crippen molar-refractivity contribution in [3.63, 3.8) is 0 Å². The normalized spacial score (nSPS) is 21.0. The van der Waals surface area contributed by atoms with Gasteiger partial charge in [-0.25, -0.2) is 0 Å². The lowest BCUT2D eigenvalue weighted by molar-refractivity contribution is 0.0820. The Balaban J connectivity index is 2.65. The monoisotopic (exact) mass is 226 g/mol. The van der Waals surface area contributed by atoms with E-state index in [2.05, 4.69) is 18.7 Å². The highest BCUT2D eigenvalue weighted by Gasteiger charge is 2.34. The smallest absolute Gasteiger partial charge is 0.0331 e. The Kier molecular flexibility index (Phi) is 6.37. The number of hydrogen-bond donors (Lipinski definition) is 1. The van der Waals surface area contributed by atoms with E-state index in [1.165, 1.54) is 57.9 Å². The summed E-state index contributed by atoms with van der Waals surface area (Å²) in [6.45, 7) is 7.82. The van der Waals surface area contributed by atoms with E-state index in [1.807, 2.05) is 0 Å². The molecular formula is C14H30N2. The van der Waals surface area contributed by atoms with Gasteiger partial charge in [0.2, 0.25) is 0 Å². The Morgan fingerprint density at radius 3 is 2.12 bits per heavy atom. The zero-order valence-electron chi connectivity index (χ0n) is 11.3. The first-order valence-corrected chi connectivity index (χ1v) is 7.24. The Morgan fingerprint density at radius 1 is 1.06 bits per heavy atom. The average molecular weight is 226 g/mol. The van der Waals surface area contributed by atoms with Crippen LogP contribution in [0.4, 0.5) is 0 Å². The molecule has 0 atom stereocenters. The zero-order chi connectivity index (χ0) is 11.9. The summed E-state index contributed by atoms with van der Waals surface area (Å²) in [5.41, 5.74) is 6.45. The van der Waals surface area contributed by atoms with Crippen LogP contribution in [0.25, 0.3) is 0 Å². The van der Waals surface area contributed by atoms with Crippen molar-refractivity contribution in [2.24, 2.45) is 5.73 Å². The fraction of sp³-hybridized carbons (Fsp3) is 1.00. The molecule has 16 heavy (non-hydrogen) atoms. The van der Waals surface area contributed by atoms with E-state index < -0.39 is 0 Å². The van der Waals surface area contributed by atoms with Crippen molar-refractivity contribution in [1.82, 2.24) is 4.90 Å². The van der Waals surface area contributed by atoms with Gasteiger partial charge in [-0.1, -0.05) is 46.0 Å². The molecular weight excluding hydrogens is 196 g/mol. The van der Waals surface area contributed by atoms with Crippen molar-refractivity contribution in [2.45, 2.75) is 70.8 Å². The Hall–Kier alpha value is -0.0800. The second kappa shape index (κ2) is 7.29. The van der Waals surface area contributed by atoms with Gasteiger partial charge in [0, 0.05) is 12.1 Å². The summed E-state index contributed by atoms with van der Waals surface area (Å²) in [6, 6.07) is 0. The first kappa shape index (κ1) is 14.0. The van der Waals surface area contributed by atoms with Crippen molar-refractivity contribution in [3.8, 4) is 0 Å². The van der Waals surface area contributed by atoms with Crippen molar-refractivity contribution >= 4 is 0 Å². The minimum atomic E-state index is 0.334. The predicted octanol–water partition coefficient (Wildman–Crippen LogP) is 3.16. The van der Waals surface area contributed by atoms with Gasteiger partial charge in [0.05, 0.1) is 0 Å². The summed E-state index contributed by atoms with van der Waals surface area (Å²) >= 11 is 0. The molecule has 0 aliphatic heterocycles. The zero-order valence-corrected chi connectivity index (χ0v) is 11.3. The maximum atomic E-state index is 6.11. The number of nitrogens with zero attached hydrogens (tertiary/aromatic N) is 1. The van der Waals surface area contributed by atoms with Crippen LogP contribution in [0.1, 0.15) is 65.2 Å². The van der Waals surface area contributed by atoms with E-state index in [0.717, 1.165) is 13.1 Å². The molecule has 0 heterocycles. The van der Waals surface area contributed by atoms with Crippen LogP contribution in [-0.4, -0.2) is 30.1 Å². The maximum Gasteiger partial charge on any atom is 0.0331 e. The average Bonchev–Trinajstić information content (AvgIpc) is 2.56. The van der Waals surface area contributed by atoms with E-state index in [1.54, 1.807) is 0 Å². The minimum absolute atomic E-state index is 0.334. The molecule has 96 valence electrons. The van der Waals surface area contributed by atoms with Crippen molar-refractivity contribution in [3.05, 3.63) is 0 Å². The molecule has 0 saturated heterocycles. The van der Waals surface area contributed by atoms with Crippen LogP contribution in [-0.2, 0) is 0 Å². The lowest BCUT2D eigenvalue weighted by atomic mass is 9.88. The second-order valence-electron chi connectivity index (χ2n) is 5.28. The van der Waals surface area contributed by atoms with Gasteiger partial charge in [0.25, 0.3) is 0 Å². The largest absolute Gasteiger partial charge is 0.329 e. The molecule has 1 aliphatic rings. The third-order valence-electron chi connectivity index (χ3n) is 4.25. The lowest BCUT2D eigenvalue weighted by Crippen LogP contribution is -2.53. The summed E-state index contributed by atoms with van der Waals surface area (Å²) in [5.74, 6) is 0. The quantitative estimate of drug-likeness (QED) is 0.705. The van der Waals surface area contributed by atoms with Crippen LogP contribution in [0.15, 0.2) is 0 Å². The van der Waals surface area contributed by atoms with Gasteiger partial charge in [0.1, 0.15) is 0 Å². The van der Waals surface area contributed by atoms with E-state index >= 15 is 0 Å². The molecule has 0 bridgehead atoms. The fourth-order valence-electron chi connectivity index (χ4n) is 3.12. The maximum absolute atomic E-state index is 6.11. The van der Waals surface area contributed by atoms with Gasteiger partial charge >= 0.3 is 0 Å². The Labute approximate surface area is 102 Å². The Bertz CT molecular complexity index is 172. The predicted molar refractivity (Wildman–Crippen MR) is 71.6 cm³/mol. The molecule has 0 aromatic rings. The molecule has 1 saturated carbocycles. The van der Waals surface area contributed by atoms with E-state index in [4.69, 9.17) is 5.73 Å². The SMILES string of the molecule is CCCCN(CC)C1(CN)CCCCCC1. The summed E-state index contributed by atoms with van der Waals surface area (Å²) in [4.78, 5) is 2.67. The highest BCUT2D eigenvalue weighted by Crippen LogP contribution is 2.31. The van der Waals surface area contributed by atoms with Crippen LogP contribution in [0, 0.1) is 0 Å². The minimum Gasteiger partial charge on any atom is -0.329 e. The number of nitrogens with two attached hydrogens (primary N) is 1. The molecule has 2 nitrogen and oxygen atoms in total. The molecule has 0 spiro atoms. The molecule has 1 aliphatic carbocycles. The van der Waals surface area contributed by atoms with Crippen molar-refractivity contribution < 1.29 is 0 Å². The number of rotatable bonds is 6. The van der Waals surface area contributed by atoms with Gasteiger partial charge in [0.15, 0.2) is 0 Å². The standard InChI is InChI=1S/C14H30N2/c1-3-5-12-16(4-2)14(13-15)10-8-6-7-9-11-14/h3-13,15H2,1-2H3. The van der Waals surface area contributed by atoms with E-state index in [-0.39, 0.29) is 0 Å². The van der Waals surface area contributed by atoms with Crippen molar-refractivity contribution in [1.29, 1.82) is 0 Å². The van der Waals surface area contributed by atoms with Gasteiger partial charge in [-0.3, -0.25) is 4.90 Å². The van der Waals surface area contributed by atoms with Gasteiger partial charge in [-0.05, 0) is 32.4 Å². The van der Waals surface area contributed by atoms with E-state index in [9.17, 15) is 0 Å². The summed E-state index contributed by atoms with van der Waals surface area (Å²) in [6.07, 6.45) is 10.8. The molecule has 0 amide bonds. The summed E-state index contributed by atoms with van der Waals surface area (Å²) in [5, 5.41) is 0. The fourth-order valence-corrected chi connectivity index (χ4v) is 3.12. The molecule has 1 rings (SSSR count). The van der Waals surface area contributed by atoms with Crippen LogP contribution < -0.4 is 5.73 Å². The van der Waals surface area contributed by atoms with Crippen LogP contribution in [0.3, 0.4) is 0 Å². The number of likely N-dealkylation sites (N-methyl/N-ethyl adjacent to an activating group) is 1. The van der Waals surface area contributed by atoms with E-state index in [0.29, 0.717) is 5.54 Å². The van der Waals surface area contributed by atoms with Crippen LogP contribution in [0.5, 0.6) is 0 Å². The first-order chi connectivity index (χ1) is 7.79. The lowest BCUT2D eigenvalue weighted by Gasteiger charge is -2.43. The third-order valence-corrected chi connectivity index (χ3v) is 4.25. The Morgan fingerprint density at radius 2 is 1.69 bits per heavy atom. The number of hydrogen-bond acceptors (Lipinski definition) is 2. The molecule has 0 aromatic carbocycles. The van der Waals surface area contributed by atoms with Crippen LogP contribution in [0.2, 0.25) is 0 Å². The second-order valence-corrected chi connectivity index (χ2v) is 5.28. The van der Waals surface area contributed by atoms with Crippen LogP contribution >= 0.6 is 0 Å². The highest BCUT2D eigenvalue weighted by atomic mass is 15.2. The highest BCUT2D eigenvalue weighted by molar-refractivity contribution is 4.92. The molecule has 1 fully saturated rings. The summed E-state index contributed by atoms with van der Waals surface area (Å²) in [7, 11) is 0. The number of unbranched alkanes of at least 4 members (excludes halogenated alkanes) is 1. The van der Waals surface area contributed by atoms with Gasteiger partial charge < -0.3 is 5.73 Å². The van der Waals surface area contributed by atoms with Gasteiger partial charge in [-0.2, -0.15) is 0 Å².